The van der Waals surface area contributed by atoms with Crippen LogP contribution >= 0.6 is 11.8 Å². The number of guanidine groups is 1. The van der Waals surface area contributed by atoms with Crippen LogP contribution in [-0.2, 0) is 6.42 Å². The first kappa shape index (κ1) is 15.4. The van der Waals surface area contributed by atoms with Gasteiger partial charge in [0.2, 0.25) is 0 Å². The Balaban J connectivity index is 1.28. The molecule has 1 heterocycles. The third-order valence-electron chi connectivity index (χ3n) is 5.74. The molecule has 4 heteroatoms. The molecule has 0 radical (unpaired) electrons. The molecule has 4 atom stereocenters. The topological polar surface area (TPSA) is 36.4 Å². The van der Waals surface area contributed by atoms with E-state index >= 15 is 0 Å². The van der Waals surface area contributed by atoms with E-state index in [4.69, 9.17) is 0 Å². The summed E-state index contributed by atoms with van der Waals surface area (Å²) in [5.74, 6) is 4.77. The number of nitrogens with zero attached hydrogens (tertiary/aromatic N) is 1. The Labute approximate surface area is 143 Å². The van der Waals surface area contributed by atoms with Crippen molar-refractivity contribution in [3.8, 4) is 0 Å². The Morgan fingerprint density at radius 1 is 1.22 bits per heavy atom. The molecule has 1 saturated carbocycles. The summed E-state index contributed by atoms with van der Waals surface area (Å²) in [6.07, 6.45) is 5.34. The van der Waals surface area contributed by atoms with Crippen molar-refractivity contribution in [2.24, 2.45) is 16.8 Å². The van der Waals surface area contributed by atoms with Crippen molar-refractivity contribution in [1.29, 1.82) is 0 Å². The second-order valence-corrected chi connectivity index (χ2v) is 8.47. The third kappa shape index (κ3) is 3.23. The third-order valence-corrected chi connectivity index (χ3v) is 7.14. The van der Waals surface area contributed by atoms with E-state index in [1.807, 2.05) is 7.05 Å². The molecule has 0 aromatic heterocycles. The van der Waals surface area contributed by atoms with Crippen LogP contribution in [0, 0.1) is 11.8 Å². The lowest BCUT2D eigenvalue weighted by Crippen LogP contribution is -2.41. The molecular weight excluding hydrogens is 302 g/mol. The molecule has 0 amide bonds. The van der Waals surface area contributed by atoms with E-state index in [-0.39, 0.29) is 0 Å². The Kier molecular flexibility index (Phi) is 4.52. The minimum atomic E-state index is 0.768. The fourth-order valence-electron chi connectivity index (χ4n) is 4.44. The quantitative estimate of drug-likeness (QED) is 0.658. The van der Waals surface area contributed by atoms with Gasteiger partial charge in [-0.25, -0.2) is 0 Å². The average Bonchev–Trinajstić information content (AvgIpc) is 3.05. The molecule has 1 saturated heterocycles. The van der Waals surface area contributed by atoms with Crippen molar-refractivity contribution < 1.29 is 0 Å². The van der Waals surface area contributed by atoms with Crippen LogP contribution in [0.4, 0.5) is 0 Å². The van der Waals surface area contributed by atoms with E-state index in [2.05, 4.69) is 51.7 Å². The highest BCUT2D eigenvalue weighted by molar-refractivity contribution is 8.00. The first-order valence-electron chi connectivity index (χ1n) is 9.00. The van der Waals surface area contributed by atoms with Gasteiger partial charge >= 0.3 is 0 Å². The smallest absolute Gasteiger partial charge is 0.191 e. The Morgan fingerprint density at radius 3 is 2.91 bits per heavy atom. The highest BCUT2D eigenvalue weighted by atomic mass is 32.2. The van der Waals surface area contributed by atoms with Crippen LogP contribution in [-0.4, -0.2) is 37.1 Å². The molecule has 2 fully saturated rings. The molecular formula is C19H27N3S. The highest BCUT2D eigenvalue weighted by Crippen LogP contribution is 2.59. The van der Waals surface area contributed by atoms with Crippen LogP contribution in [0.25, 0.3) is 0 Å². The lowest BCUT2D eigenvalue weighted by molar-refractivity contribution is 0.617. The minimum absolute atomic E-state index is 0.768. The summed E-state index contributed by atoms with van der Waals surface area (Å²) in [6.45, 7) is 2.10. The maximum absolute atomic E-state index is 4.40. The van der Waals surface area contributed by atoms with Gasteiger partial charge < -0.3 is 10.6 Å². The van der Waals surface area contributed by atoms with E-state index < -0.39 is 0 Å². The fraction of sp³-hybridized carbons (Fsp3) is 0.632. The number of aliphatic imine (C=N–C) groups is 1. The zero-order valence-corrected chi connectivity index (χ0v) is 14.7. The first-order valence-corrected chi connectivity index (χ1v) is 10.1. The maximum atomic E-state index is 4.40. The highest BCUT2D eigenvalue weighted by Gasteiger charge is 2.52. The zero-order chi connectivity index (χ0) is 15.6. The zero-order valence-electron chi connectivity index (χ0n) is 13.9. The monoisotopic (exact) mass is 329 g/mol. The Hall–Kier alpha value is -1.16. The van der Waals surface area contributed by atoms with Gasteiger partial charge in [-0.1, -0.05) is 24.3 Å². The largest absolute Gasteiger partial charge is 0.356 e. The maximum Gasteiger partial charge on any atom is 0.191 e. The van der Waals surface area contributed by atoms with E-state index in [1.165, 1.54) is 31.4 Å². The molecule has 0 spiro atoms. The van der Waals surface area contributed by atoms with E-state index in [0.29, 0.717) is 0 Å². The van der Waals surface area contributed by atoms with Crippen LogP contribution in [0.2, 0.25) is 0 Å². The predicted molar refractivity (Wildman–Crippen MR) is 99.3 cm³/mol. The number of thioether (sulfide) groups is 1. The molecule has 4 unspecified atom stereocenters. The standard InChI is InChI=1S/C19H27N3S/c1-20-19(21-11-14-6-4-10-23-14)22-12-17-16-9-8-13-5-2-3-7-15(13)18(16)17/h2-3,5,7,14,16-18H,4,6,8-12H2,1H3,(H2,20,21,22). The van der Waals surface area contributed by atoms with Crippen LogP contribution in [0.3, 0.4) is 0 Å². The molecule has 2 N–H and O–H groups in total. The molecule has 4 rings (SSSR count). The van der Waals surface area contributed by atoms with E-state index in [9.17, 15) is 0 Å². The fourth-order valence-corrected chi connectivity index (χ4v) is 5.64. The summed E-state index contributed by atoms with van der Waals surface area (Å²) < 4.78 is 0. The van der Waals surface area contributed by atoms with Crippen molar-refractivity contribution in [2.75, 3.05) is 25.9 Å². The van der Waals surface area contributed by atoms with Crippen LogP contribution < -0.4 is 10.6 Å². The molecule has 1 aromatic rings. The molecule has 2 aliphatic carbocycles. The van der Waals surface area contributed by atoms with Crippen LogP contribution in [0.15, 0.2) is 29.3 Å². The Bertz CT molecular complexity index is 580. The van der Waals surface area contributed by atoms with Gasteiger partial charge in [-0.05, 0) is 60.3 Å². The number of hydrogen-bond acceptors (Lipinski definition) is 2. The molecule has 124 valence electrons. The second kappa shape index (κ2) is 6.76. The van der Waals surface area contributed by atoms with Crippen LogP contribution in [0.5, 0.6) is 0 Å². The number of rotatable bonds is 4. The summed E-state index contributed by atoms with van der Waals surface area (Å²) in [5.41, 5.74) is 3.19. The van der Waals surface area contributed by atoms with Crippen molar-refractivity contribution in [3.05, 3.63) is 35.4 Å². The van der Waals surface area contributed by atoms with Gasteiger partial charge in [0, 0.05) is 25.4 Å². The van der Waals surface area contributed by atoms with Gasteiger partial charge in [0.15, 0.2) is 5.96 Å². The van der Waals surface area contributed by atoms with Gasteiger partial charge in [0.25, 0.3) is 0 Å². The SMILES string of the molecule is CN=C(NCC1CCCS1)NCC1C2CCc3ccccc3C21. The van der Waals surface area contributed by atoms with Crippen molar-refractivity contribution in [1.82, 2.24) is 10.6 Å². The van der Waals surface area contributed by atoms with Gasteiger partial charge in [-0.2, -0.15) is 11.8 Å². The van der Waals surface area contributed by atoms with Gasteiger partial charge in [0.05, 0.1) is 0 Å². The lowest BCUT2D eigenvalue weighted by Gasteiger charge is -2.15. The van der Waals surface area contributed by atoms with Crippen molar-refractivity contribution in [3.63, 3.8) is 0 Å². The van der Waals surface area contributed by atoms with Crippen molar-refractivity contribution >= 4 is 17.7 Å². The number of hydrogen-bond donors (Lipinski definition) is 2. The summed E-state index contributed by atoms with van der Waals surface area (Å²) in [4.78, 5) is 4.40. The molecule has 1 aromatic carbocycles. The van der Waals surface area contributed by atoms with Crippen LogP contribution in [0.1, 0.15) is 36.3 Å². The van der Waals surface area contributed by atoms with Gasteiger partial charge in [0.1, 0.15) is 0 Å². The Morgan fingerprint density at radius 2 is 2.09 bits per heavy atom. The number of aryl methyl sites for hydroxylation is 1. The minimum Gasteiger partial charge on any atom is -0.356 e. The normalized spacial score (nSPS) is 32.1. The average molecular weight is 330 g/mol. The summed E-state index contributed by atoms with van der Waals surface area (Å²) >= 11 is 2.09. The summed E-state index contributed by atoms with van der Waals surface area (Å²) in [5, 5.41) is 7.85. The number of fused-ring (bicyclic) bond motifs is 3. The van der Waals surface area contributed by atoms with Crippen molar-refractivity contribution in [2.45, 2.75) is 36.9 Å². The molecule has 1 aliphatic heterocycles. The second-order valence-electron chi connectivity index (χ2n) is 7.06. The van der Waals surface area contributed by atoms with E-state index in [0.717, 1.165) is 42.1 Å². The van der Waals surface area contributed by atoms with E-state index in [1.54, 1.807) is 11.1 Å². The summed E-state index contributed by atoms with van der Waals surface area (Å²) in [7, 11) is 1.88. The van der Waals surface area contributed by atoms with Gasteiger partial charge in [-0.3, -0.25) is 4.99 Å². The summed E-state index contributed by atoms with van der Waals surface area (Å²) in [6, 6.07) is 9.04. The number of nitrogens with one attached hydrogen (secondary N) is 2. The van der Waals surface area contributed by atoms with Gasteiger partial charge in [-0.15, -0.1) is 0 Å². The molecule has 0 bridgehead atoms. The first-order chi connectivity index (χ1) is 11.4. The molecule has 3 nitrogen and oxygen atoms in total. The predicted octanol–water partition coefficient (Wildman–Crippen LogP) is 3.02. The number of benzene rings is 1. The lowest BCUT2D eigenvalue weighted by atomic mass is 9.92. The molecule has 23 heavy (non-hydrogen) atoms. The molecule has 3 aliphatic rings.